The molecule has 0 bridgehead atoms. The molecule has 0 spiro atoms. The van der Waals surface area contributed by atoms with Crippen molar-refractivity contribution in [1.82, 2.24) is 0 Å². The quantitative estimate of drug-likeness (QED) is 0.331. The first kappa shape index (κ1) is 9.47. The van der Waals surface area contributed by atoms with Crippen LogP contribution in [0.3, 0.4) is 0 Å². The van der Waals surface area contributed by atoms with E-state index in [1.165, 1.54) is 0 Å². The molecule has 0 aromatic carbocycles. The molecule has 0 amide bonds. The van der Waals surface area contributed by atoms with Crippen LogP contribution in [0.5, 0.6) is 0 Å². The van der Waals surface area contributed by atoms with E-state index in [-0.39, 0.29) is 18.6 Å². The van der Waals surface area contributed by atoms with Crippen LogP contribution in [0.15, 0.2) is 0 Å². The van der Waals surface area contributed by atoms with Crippen LogP contribution in [0.4, 0.5) is 0 Å². The van der Waals surface area contributed by atoms with Crippen LogP contribution in [0.2, 0.25) is 0 Å². The standard InChI is InChI=1S/C5H7.V/c1-3-5-4-2;/h1,3H2,2H3;/q-1;. The van der Waals surface area contributed by atoms with E-state index < -0.39 is 0 Å². The smallest absolute Gasteiger partial charge is 0 e. The Morgan fingerprint density at radius 3 is 2.17 bits per heavy atom. The molecule has 6 heavy (non-hydrogen) atoms. The van der Waals surface area contributed by atoms with Crippen molar-refractivity contribution in [2.45, 2.75) is 13.3 Å². The van der Waals surface area contributed by atoms with Gasteiger partial charge in [-0.05, 0) is 6.92 Å². The zero-order chi connectivity index (χ0) is 4.12. The summed E-state index contributed by atoms with van der Waals surface area (Å²) >= 11 is 0. The van der Waals surface area contributed by atoms with E-state index in [0.29, 0.717) is 0 Å². The fraction of sp³-hybridized carbons (Fsp3) is 0.400. The molecule has 0 aliphatic heterocycles. The summed E-state index contributed by atoms with van der Waals surface area (Å²) in [5.74, 6) is 5.45. The van der Waals surface area contributed by atoms with E-state index >= 15 is 0 Å². The van der Waals surface area contributed by atoms with Gasteiger partial charge in [0.05, 0.1) is 0 Å². The van der Waals surface area contributed by atoms with Gasteiger partial charge in [-0.3, -0.25) is 0 Å². The SMILES string of the molecule is [CH2-]CC#CC.[V]. The Labute approximate surface area is 51.2 Å². The Hall–Kier alpha value is 0.144. The maximum absolute atomic E-state index is 3.50. The molecule has 0 aromatic rings. The number of hydrogen-bond donors (Lipinski definition) is 0. The molecule has 0 aromatic heterocycles. The topological polar surface area (TPSA) is 0 Å². The third-order valence-corrected chi connectivity index (χ3v) is 0.302. The second-order valence-corrected chi connectivity index (χ2v) is 0.677. The zero-order valence-electron chi connectivity index (χ0n) is 3.86. The molecule has 1 radical (unpaired) electrons. The maximum atomic E-state index is 3.50. The summed E-state index contributed by atoms with van der Waals surface area (Å²) in [6, 6.07) is 0. The van der Waals surface area contributed by atoms with E-state index in [0.717, 1.165) is 6.42 Å². The predicted octanol–water partition coefficient (Wildman–Crippen LogP) is 1.23. The average molecular weight is 118 g/mol. The van der Waals surface area contributed by atoms with Gasteiger partial charge in [0.25, 0.3) is 0 Å². The van der Waals surface area contributed by atoms with Gasteiger partial charge in [0.2, 0.25) is 0 Å². The first-order chi connectivity index (χ1) is 2.41. The number of hydrogen-bond acceptors (Lipinski definition) is 0. The van der Waals surface area contributed by atoms with Crippen molar-refractivity contribution >= 4 is 0 Å². The third kappa shape index (κ3) is 8.91. The zero-order valence-corrected chi connectivity index (χ0v) is 5.26. The first-order valence-electron chi connectivity index (χ1n) is 1.60. The van der Waals surface area contributed by atoms with Gasteiger partial charge in [0.1, 0.15) is 0 Å². The summed E-state index contributed by atoms with van der Waals surface area (Å²) in [7, 11) is 0. The summed E-state index contributed by atoms with van der Waals surface area (Å²) in [5.41, 5.74) is 0. The minimum atomic E-state index is 0. The summed E-state index contributed by atoms with van der Waals surface area (Å²) in [5, 5.41) is 0. The minimum Gasteiger partial charge on any atom is -0.332 e. The second-order valence-electron chi connectivity index (χ2n) is 0.677. The summed E-state index contributed by atoms with van der Waals surface area (Å²) in [6.45, 7) is 5.31. The summed E-state index contributed by atoms with van der Waals surface area (Å²) in [4.78, 5) is 0. The molecular weight excluding hydrogens is 111 g/mol. The van der Waals surface area contributed by atoms with Gasteiger partial charge in [-0.2, -0.15) is 0 Å². The van der Waals surface area contributed by atoms with Crippen LogP contribution in [0, 0.1) is 18.8 Å². The molecular formula is C5H7V-. The molecule has 0 unspecified atom stereocenters. The van der Waals surface area contributed by atoms with Crippen LogP contribution in [0.25, 0.3) is 0 Å². The van der Waals surface area contributed by atoms with E-state index in [1.807, 2.05) is 6.92 Å². The summed E-state index contributed by atoms with van der Waals surface area (Å²) in [6.07, 6.45) is 0.733. The van der Waals surface area contributed by atoms with E-state index in [1.54, 1.807) is 0 Å². The molecule has 0 aliphatic carbocycles. The average Bonchev–Trinajstić information content (AvgIpc) is 1.41. The van der Waals surface area contributed by atoms with Crippen LogP contribution < -0.4 is 0 Å². The molecule has 1 heteroatoms. The molecule has 0 nitrogen and oxygen atoms in total. The van der Waals surface area contributed by atoms with Crippen molar-refractivity contribution in [3.63, 3.8) is 0 Å². The molecule has 0 fully saturated rings. The minimum absolute atomic E-state index is 0. The summed E-state index contributed by atoms with van der Waals surface area (Å²) < 4.78 is 0. The van der Waals surface area contributed by atoms with E-state index in [9.17, 15) is 0 Å². The van der Waals surface area contributed by atoms with Gasteiger partial charge in [0, 0.05) is 18.6 Å². The van der Waals surface area contributed by atoms with Crippen LogP contribution in [-0.4, -0.2) is 0 Å². The van der Waals surface area contributed by atoms with Crippen LogP contribution in [0.1, 0.15) is 13.3 Å². The number of rotatable bonds is 0. The monoisotopic (exact) mass is 118 g/mol. The Morgan fingerprint density at radius 2 is 2.17 bits per heavy atom. The van der Waals surface area contributed by atoms with Crippen molar-refractivity contribution in [3.8, 4) is 11.8 Å². The Morgan fingerprint density at radius 1 is 1.67 bits per heavy atom. The molecule has 0 aliphatic rings. The van der Waals surface area contributed by atoms with Crippen molar-refractivity contribution in [2.75, 3.05) is 0 Å². The molecule has 33 valence electrons. The second kappa shape index (κ2) is 8.94. The fourth-order valence-corrected chi connectivity index (χ4v) is 0.125. The first-order valence-corrected chi connectivity index (χ1v) is 1.60. The van der Waals surface area contributed by atoms with Gasteiger partial charge in [0.15, 0.2) is 0 Å². The fourth-order valence-electron chi connectivity index (χ4n) is 0.125. The Balaban J connectivity index is 0. The van der Waals surface area contributed by atoms with Gasteiger partial charge in [-0.15, -0.1) is 18.3 Å². The van der Waals surface area contributed by atoms with Gasteiger partial charge in [-0.25, -0.2) is 0 Å². The van der Waals surface area contributed by atoms with Crippen molar-refractivity contribution < 1.29 is 18.6 Å². The maximum Gasteiger partial charge on any atom is 0 e. The normalized spacial score (nSPS) is 4.33. The Kier molecular flexibility index (Phi) is 14.1. The molecule has 0 saturated carbocycles. The molecule has 0 rings (SSSR count). The van der Waals surface area contributed by atoms with Crippen LogP contribution >= 0.6 is 0 Å². The molecule has 0 heterocycles. The third-order valence-electron chi connectivity index (χ3n) is 0.302. The molecule has 0 atom stereocenters. The van der Waals surface area contributed by atoms with Crippen LogP contribution in [-0.2, 0) is 18.6 Å². The molecule has 0 saturated heterocycles. The van der Waals surface area contributed by atoms with Gasteiger partial charge < -0.3 is 6.92 Å². The van der Waals surface area contributed by atoms with E-state index in [4.69, 9.17) is 0 Å². The van der Waals surface area contributed by atoms with Gasteiger partial charge >= 0.3 is 0 Å². The largest absolute Gasteiger partial charge is 0.332 e. The van der Waals surface area contributed by atoms with E-state index in [2.05, 4.69) is 18.8 Å². The van der Waals surface area contributed by atoms with Crippen molar-refractivity contribution in [1.29, 1.82) is 0 Å². The Bertz CT molecular complexity index is 56.1. The van der Waals surface area contributed by atoms with Crippen molar-refractivity contribution in [2.24, 2.45) is 0 Å². The molecule has 0 N–H and O–H groups in total. The van der Waals surface area contributed by atoms with Gasteiger partial charge in [-0.1, -0.05) is 0 Å². The predicted molar refractivity (Wildman–Crippen MR) is 23.4 cm³/mol. The van der Waals surface area contributed by atoms with Crippen molar-refractivity contribution in [3.05, 3.63) is 6.92 Å².